The quantitative estimate of drug-likeness (QED) is 0.802. The smallest absolute Gasteiger partial charge is 0.123 e. The number of hydrogen-bond donors (Lipinski definition) is 1. The molecule has 0 saturated heterocycles. The van der Waals surface area contributed by atoms with Crippen molar-refractivity contribution < 1.29 is 4.74 Å². The lowest BCUT2D eigenvalue weighted by Crippen LogP contribution is -2.19. The average molecular weight is 333 g/mol. The fourth-order valence-corrected chi connectivity index (χ4v) is 1.87. The van der Waals surface area contributed by atoms with Crippen LogP contribution in [0.5, 0.6) is 5.75 Å². The first-order chi connectivity index (χ1) is 8.49. The molecular formula is C14H19BrClNO. The van der Waals surface area contributed by atoms with E-state index in [-0.39, 0.29) is 0 Å². The number of rotatable bonds is 7. The highest BCUT2D eigenvalue weighted by Crippen LogP contribution is 2.23. The van der Waals surface area contributed by atoms with Gasteiger partial charge in [-0.15, -0.1) is 0 Å². The van der Waals surface area contributed by atoms with Crippen LogP contribution in [0.2, 0.25) is 0 Å². The monoisotopic (exact) mass is 331 g/mol. The normalized spacial score (nSPS) is 10.7. The van der Waals surface area contributed by atoms with Crippen molar-refractivity contribution in [2.24, 2.45) is 5.92 Å². The maximum atomic E-state index is 5.68. The van der Waals surface area contributed by atoms with E-state index in [1.54, 1.807) is 0 Å². The minimum Gasteiger partial charge on any atom is -0.488 e. The summed E-state index contributed by atoms with van der Waals surface area (Å²) in [5.41, 5.74) is 1.17. The minimum absolute atomic E-state index is 0.335. The summed E-state index contributed by atoms with van der Waals surface area (Å²) < 4.78 is 6.59. The van der Waals surface area contributed by atoms with Gasteiger partial charge >= 0.3 is 0 Å². The number of benzene rings is 1. The van der Waals surface area contributed by atoms with Gasteiger partial charge in [-0.25, -0.2) is 0 Å². The van der Waals surface area contributed by atoms with Crippen molar-refractivity contribution in [1.29, 1.82) is 0 Å². The Morgan fingerprint density at radius 3 is 2.83 bits per heavy atom. The van der Waals surface area contributed by atoms with Crippen LogP contribution in [-0.2, 0) is 6.54 Å². The molecule has 0 bridgehead atoms. The van der Waals surface area contributed by atoms with Crippen LogP contribution in [0, 0.1) is 5.92 Å². The summed E-state index contributed by atoms with van der Waals surface area (Å²) in [5.74, 6) is 1.45. The van der Waals surface area contributed by atoms with Gasteiger partial charge in [-0.1, -0.05) is 48.0 Å². The van der Waals surface area contributed by atoms with E-state index in [4.69, 9.17) is 16.3 Å². The number of ether oxygens (including phenoxy) is 1. The fourth-order valence-electron chi connectivity index (χ4n) is 1.43. The molecule has 0 aliphatic carbocycles. The summed E-state index contributed by atoms with van der Waals surface area (Å²) in [6.45, 7) is 10.1. The van der Waals surface area contributed by atoms with Crippen molar-refractivity contribution in [1.82, 2.24) is 5.32 Å². The molecule has 1 aromatic carbocycles. The van der Waals surface area contributed by atoms with Crippen molar-refractivity contribution in [3.8, 4) is 5.75 Å². The van der Waals surface area contributed by atoms with Gasteiger partial charge in [0.15, 0.2) is 0 Å². The van der Waals surface area contributed by atoms with Crippen LogP contribution in [0.3, 0.4) is 0 Å². The van der Waals surface area contributed by atoms with Gasteiger partial charge in [-0.05, 0) is 36.2 Å². The molecule has 0 heterocycles. The average Bonchev–Trinajstić information content (AvgIpc) is 2.29. The maximum absolute atomic E-state index is 5.68. The fraction of sp³-hybridized carbons (Fsp3) is 0.429. The molecule has 0 amide bonds. The molecule has 0 atom stereocenters. The summed E-state index contributed by atoms with van der Waals surface area (Å²) in [5, 5.41) is 3.90. The third-order valence-corrected chi connectivity index (χ3v) is 3.16. The van der Waals surface area contributed by atoms with Crippen molar-refractivity contribution in [2.45, 2.75) is 20.4 Å². The standard InChI is InChI=1S/C14H19BrClNO/c1-10(2)7-17-8-12-6-13(4-5-14(12)15)18-9-11(3)16/h4-6,10,17H,3,7-9H2,1-2H3. The van der Waals surface area contributed by atoms with Crippen LogP contribution < -0.4 is 10.1 Å². The van der Waals surface area contributed by atoms with Gasteiger partial charge in [0.25, 0.3) is 0 Å². The second kappa shape index (κ2) is 7.82. The summed E-state index contributed by atoms with van der Waals surface area (Å²) in [6.07, 6.45) is 0. The Hall–Kier alpha value is -0.510. The Labute approximate surface area is 122 Å². The van der Waals surface area contributed by atoms with Crippen LogP contribution in [0.1, 0.15) is 19.4 Å². The Kier molecular flexibility index (Phi) is 6.76. The zero-order valence-corrected chi connectivity index (χ0v) is 13.1. The van der Waals surface area contributed by atoms with Crippen LogP contribution in [0.4, 0.5) is 0 Å². The number of nitrogens with one attached hydrogen (secondary N) is 1. The van der Waals surface area contributed by atoms with Gasteiger partial charge in [0, 0.05) is 16.0 Å². The molecule has 18 heavy (non-hydrogen) atoms. The lowest BCUT2D eigenvalue weighted by Gasteiger charge is -2.11. The maximum Gasteiger partial charge on any atom is 0.123 e. The van der Waals surface area contributed by atoms with E-state index in [1.165, 1.54) is 5.56 Å². The van der Waals surface area contributed by atoms with Crippen molar-refractivity contribution >= 4 is 27.5 Å². The molecule has 0 aliphatic rings. The van der Waals surface area contributed by atoms with E-state index in [0.29, 0.717) is 17.6 Å². The molecule has 0 spiro atoms. The van der Waals surface area contributed by atoms with Crippen LogP contribution in [0.25, 0.3) is 0 Å². The van der Waals surface area contributed by atoms with Crippen molar-refractivity contribution in [3.63, 3.8) is 0 Å². The van der Waals surface area contributed by atoms with E-state index in [2.05, 4.69) is 41.7 Å². The third-order valence-electron chi connectivity index (χ3n) is 2.28. The molecule has 0 fully saturated rings. The van der Waals surface area contributed by atoms with Gasteiger partial charge < -0.3 is 10.1 Å². The predicted molar refractivity (Wildman–Crippen MR) is 81.2 cm³/mol. The Morgan fingerprint density at radius 2 is 2.22 bits per heavy atom. The summed E-state index contributed by atoms with van der Waals surface area (Å²) in [4.78, 5) is 0. The number of hydrogen-bond acceptors (Lipinski definition) is 2. The zero-order valence-electron chi connectivity index (χ0n) is 10.8. The van der Waals surface area contributed by atoms with E-state index in [1.807, 2.05) is 18.2 Å². The highest BCUT2D eigenvalue weighted by atomic mass is 79.9. The number of halogens is 2. The molecule has 1 N–H and O–H groups in total. The Bertz CT molecular complexity index is 407. The van der Waals surface area contributed by atoms with Gasteiger partial charge in [0.05, 0.1) is 0 Å². The summed E-state index contributed by atoms with van der Waals surface area (Å²) in [6, 6.07) is 5.91. The highest BCUT2D eigenvalue weighted by molar-refractivity contribution is 9.10. The van der Waals surface area contributed by atoms with Crippen LogP contribution in [0.15, 0.2) is 34.3 Å². The molecule has 2 nitrogen and oxygen atoms in total. The first-order valence-electron chi connectivity index (χ1n) is 5.94. The second-order valence-corrected chi connectivity index (χ2v) is 5.97. The van der Waals surface area contributed by atoms with Gasteiger partial charge in [-0.3, -0.25) is 0 Å². The largest absolute Gasteiger partial charge is 0.488 e. The van der Waals surface area contributed by atoms with Gasteiger partial charge in [-0.2, -0.15) is 0 Å². The molecule has 0 aliphatic heterocycles. The van der Waals surface area contributed by atoms with Crippen molar-refractivity contribution in [2.75, 3.05) is 13.2 Å². The van der Waals surface area contributed by atoms with Crippen LogP contribution >= 0.6 is 27.5 Å². The summed E-state index contributed by atoms with van der Waals surface area (Å²) in [7, 11) is 0. The van der Waals surface area contributed by atoms with Crippen LogP contribution in [-0.4, -0.2) is 13.2 Å². The Balaban J connectivity index is 2.60. The molecule has 1 rings (SSSR count). The molecule has 100 valence electrons. The zero-order chi connectivity index (χ0) is 13.5. The Morgan fingerprint density at radius 1 is 1.50 bits per heavy atom. The molecule has 0 saturated carbocycles. The minimum atomic E-state index is 0.335. The van der Waals surface area contributed by atoms with Gasteiger partial charge in [0.1, 0.15) is 12.4 Å². The molecule has 0 unspecified atom stereocenters. The molecule has 1 aromatic rings. The lowest BCUT2D eigenvalue weighted by atomic mass is 10.2. The molecule has 0 aromatic heterocycles. The van der Waals surface area contributed by atoms with E-state index < -0.39 is 0 Å². The second-order valence-electron chi connectivity index (χ2n) is 4.58. The first kappa shape index (κ1) is 15.5. The van der Waals surface area contributed by atoms with E-state index in [9.17, 15) is 0 Å². The molecule has 4 heteroatoms. The highest BCUT2D eigenvalue weighted by Gasteiger charge is 2.03. The van der Waals surface area contributed by atoms with Gasteiger partial charge in [0.2, 0.25) is 0 Å². The third kappa shape index (κ3) is 5.89. The first-order valence-corrected chi connectivity index (χ1v) is 7.11. The molecule has 0 radical (unpaired) electrons. The van der Waals surface area contributed by atoms with E-state index >= 15 is 0 Å². The predicted octanol–water partition coefficient (Wildman–Crippen LogP) is 4.33. The topological polar surface area (TPSA) is 21.3 Å². The van der Waals surface area contributed by atoms with E-state index in [0.717, 1.165) is 23.3 Å². The van der Waals surface area contributed by atoms with Crippen molar-refractivity contribution in [3.05, 3.63) is 39.8 Å². The SMILES string of the molecule is C=C(Cl)COc1ccc(Br)c(CNCC(C)C)c1. The summed E-state index contributed by atoms with van der Waals surface area (Å²) >= 11 is 9.21. The lowest BCUT2D eigenvalue weighted by molar-refractivity contribution is 0.359. The molecular weight excluding hydrogens is 314 g/mol.